The van der Waals surface area contributed by atoms with Crippen molar-refractivity contribution in [1.29, 1.82) is 0 Å². The van der Waals surface area contributed by atoms with Crippen molar-refractivity contribution in [1.82, 2.24) is 4.98 Å². The number of hydrogen-bond acceptors (Lipinski definition) is 3. The molecule has 0 radical (unpaired) electrons. The third kappa shape index (κ3) is 1.54. The van der Waals surface area contributed by atoms with Crippen LogP contribution in [0.4, 0.5) is 5.82 Å². The van der Waals surface area contributed by atoms with Crippen LogP contribution in [0.1, 0.15) is 20.8 Å². The zero-order chi connectivity index (χ0) is 10.2. The van der Waals surface area contributed by atoms with Gasteiger partial charge in [-0.1, -0.05) is 0 Å². The zero-order valence-corrected chi connectivity index (χ0v) is 8.95. The summed E-state index contributed by atoms with van der Waals surface area (Å²) in [6.45, 7) is 8.23. The van der Waals surface area contributed by atoms with Crippen LogP contribution in [0.15, 0.2) is 18.3 Å². The first-order chi connectivity index (χ1) is 6.59. The molecule has 0 spiro atoms. The van der Waals surface area contributed by atoms with Gasteiger partial charge < -0.3 is 9.64 Å². The summed E-state index contributed by atoms with van der Waals surface area (Å²) in [6.07, 6.45) is 1.81. The Morgan fingerprint density at radius 3 is 2.93 bits per heavy atom. The predicted molar refractivity (Wildman–Crippen MR) is 56.8 cm³/mol. The van der Waals surface area contributed by atoms with Crippen molar-refractivity contribution in [3.05, 3.63) is 18.3 Å². The van der Waals surface area contributed by atoms with E-state index in [-0.39, 0.29) is 5.54 Å². The average molecular weight is 192 g/mol. The normalized spacial score (nSPS) is 16.1. The van der Waals surface area contributed by atoms with Gasteiger partial charge in [-0.2, -0.15) is 0 Å². The van der Waals surface area contributed by atoms with Crippen LogP contribution in [0.3, 0.4) is 0 Å². The van der Waals surface area contributed by atoms with Gasteiger partial charge in [-0.25, -0.2) is 4.98 Å². The molecule has 14 heavy (non-hydrogen) atoms. The first-order valence-electron chi connectivity index (χ1n) is 4.94. The van der Waals surface area contributed by atoms with Crippen molar-refractivity contribution >= 4 is 5.82 Å². The molecule has 0 aromatic carbocycles. The highest BCUT2D eigenvalue weighted by Crippen LogP contribution is 2.32. The van der Waals surface area contributed by atoms with Gasteiger partial charge in [0, 0.05) is 11.7 Å². The van der Waals surface area contributed by atoms with Gasteiger partial charge >= 0.3 is 0 Å². The number of nitrogens with zero attached hydrogens (tertiary/aromatic N) is 2. The van der Waals surface area contributed by atoms with Crippen LogP contribution >= 0.6 is 0 Å². The van der Waals surface area contributed by atoms with Crippen LogP contribution in [-0.4, -0.2) is 23.7 Å². The van der Waals surface area contributed by atoms with Crippen molar-refractivity contribution in [3.63, 3.8) is 0 Å². The molecule has 1 aliphatic rings. The molecule has 1 aliphatic heterocycles. The SMILES string of the molecule is CC(C)(C)N1CCOc2cccnc21. The summed E-state index contributed by atoms with van der Waals surface area (Å²) in [4.78, 5) is 6.65. The minimum atomic E-state index is 0.104. The molecule has 0 saturated carbocycles. The predicted octanol–water partition coefficient (Wildman–Crippen LogP) is 2.08. The third-order valence-corrected chi connectivity index (χ3v) is 2.39. The molecular formula is C11H16N2O. The standard InChI is InChI=1S/C11H16N2O/c1-11(2,3)13-7-8-14-9-5-4-6-12-10(9)13/h4-6H,7-8H2,1-3H3. The van der Waals surface area contributed by atoms with Crippen molar-refractivity contribution in [2.45, 2.75) is 26.3 Å². The fourth-order valence-electron chi connectivity index (χ4n) is 1.70. The van der Waals surface area contributed by atoms with E-state index in [0.717, 1.165) is 24.7 Å². The second kappa shape index (κ2) is 3.15. The first-order valence-corrected chi connectivity index (χ1v) is 4.94. The van der Waals surface area contributed by atoms with Crippen molar-refractivity contribution in [3.8, 4) is 5.75 Å². The Balaban J connectivity index is 2.41. The summed E-state index contributed by atoms with van der Waals surface area (Å²) < 4.78 is 5.54. The maximum absolute atomic E-state index is 5.54. The van der Waals surface area contributed by atoms with Gasteiger partial charge in [-0.15, -0.1) is 0 Å². The molecule has 3 heteroatoms. The fourth-order valence-corrected chi connectivity index (χ4v) is 1.70. The molecule has 3 nitrogen and oxygen atoms in total. The van der Waals surface area contributed by atoms with E-state index >= 15 is 0 Å². The lowest BCUT2D eigenvalue weighted by atomic mass is 10.1. The average Bonchev–Trinajstić information content (AvgIpc) is 2.15. The molecule has 0 amide bonds. The number of pyridine rings is 1. The molecule has 0 saturated heterocycles. The summed E-state index contributed by atoms with van der Waals surface area (Å²) in [7, 11) is 0. The third-order valence-electron chi connectivity index (χ3n) is 2.39. The molecular weight excluding hydrogens is 176 g/mol. The van der Waals surface area contributed by atoms with Gasteiger partial charge in [0.05, 0.1) is 6.54 Å². The molecule has 0 N–H and O–H groups in total. The minimum absolute atomic E-state index is 0.104. The summed E-state index contributed by atoms with van der Waals surface area (Å²) in [5, 5.41) is 0. The van der Waals surface area contributed by atoms with Gasteiger partial charge in [-0.3, -0.25) is 0 Å². The highest BCUT2D eigenvalue weighted by molar-refractivity contribution is 5.55. The Hall–Kier alpha value is -1.25. The minimum Gasteiger partial charge on any atom is -0.488 e. The van der Waals surface area contributed by atoms with E-state index in [0.29, 0.717) is 0 Å². The quantitative estimate of drug-likeness (QED) is 0.629. The molecule has 2 rings (SSSR count). The number of anilines is 1. The Bertz CT molecular complexity index is 330. The molecule has 1 aromatic rings. The highest BCUT2D eigenvalue weighted by atomic mass is 16.5. The van der Waals surface area contributed by atoms with Crippen LogP contribution in [0.5, 0.6) is 5.75 Å². The van der Waals surface area contributed by atoms with E-state index in [1.165, 1.54) is 0 Å². The smallest absolute Gasteiger partial charge is 0.171 e. The van der Waals surface area contributed by atoms with E-state index in [2.05, 4.69) is 30.7 Å². The van der Waals surface area contributed by atoms with Gasteiger partial charge in [-0.05, 0) is 32.9 Å². The topological polar surface area (TPSA) is 25.4 Å². The lowest BCUT2D eigenvalue weighted by Gasteiger charge is -2.39. The molecule has 0 fully saturated rings. The van der Waals surface area contributed by atoms with Crippen molar-refractivity contribution < 1.29 is 4.74 Å². The first kappa shape index (κ1) is 9.31. The van der Waals surface area contributed by atoms with Crippen LogP contribution in [-0.2, 0) is 0 Å². The second-order valence-corrected chi connectivity index (χ2v) is 4.50. The molecule has 0 aliphatic carbocycles. The second-order valence-electron chi connectivity index (χ2n) is 4.50. The lowest BCUT2D eigenvalue weighted by molar-refractivity contribution is 0.286. The van der Waals surface area contributed by atoms with Gasteiger partial charge in [0.25, 0.3) is 0 Å². The lowest BCUT2D eigenvalue weighted by Crippen LogP contribution is -2.46. The number of fused-ring (bicyclic) bond motifs is 1. The van der Waals surface area contributed by atoms with Crippen LogP contribution in [0.2, 0.25) is 0 Å². The Morgan fingerprint density at radius 1 is 1.43 bits per heavy atom. The van der Waals surface area contributed by atoms with Gasteiger partial charge in [0.1, 0.15) is 6.61 Å². The van der Waals surface area contributed by atoms with E-state index in [9.17, 15) is 0 Å². The summed E-state index contributed by atoms with van der Waals surface area (Å²) in [5.41, 5.74) is 0.104. The maximum atomic E-state index is 5.54. The highest BCUT2D eigenvalue weighted by Gasteiger charge is 2.28. The van der Waals surface area contributed by atoms with Gasteiger partial charge in [0.15, 0.2) is 11.6 Å². The van der Waals surface area contributed by atoms with E-state index < -0.39 is 0 Å². The number of ether oxygens (including phenoxy) is 1. The van der Waals surface area contributed by atoms with E-state index in [4.69, 9.17) is 4.74 Å². The number of rotatable bonds is 0. The largest absolute Gasteiger partial charge is 0.488 e. The van der Waals surface area contributed by atoms with Crippen molar-refractivity contribution in [2.75, 3.05) is 18.1 Å². The molecule has 1 aromatic heterocycles. The molecule has 0 bridgehead atoms. The molecule has 0 unspecified atom stereocenters. The number of aromatic nitrogens is 1. The molecule has 2 heterocycles. The van der Waals surface area contributed by atoms with Crippen molar-refractivity contribution in [2.24, 2.45) is 0 Å². The van der Waals surface area contributed by atoms with Crippen LogP contribution in [0.25, 0.3) is 0 Å². The summed E-state index contributed by atoms with van der Waals surface area (Å²) in [5.74, 6) is 1.86. The Morgan fingerprint density at radius 2 is 2.21 bits per heavy atom. The summed E-state index contributed by atoms with van der Waals surface area (Å²) in [6, 6.07) is 3.88. The zero-order valence-electron chi connectivity index (χ0n) is 8.95. The molecule has 76 valence electrons. The fraction of sp³-hybridized carbons (Fsp3) is 0.545. The maximum Gasteiger partial charge on any atom is 0.171 e. The molecule has 0 atom stereocenters. The summed E-state index contributed by atoms with van der Waals surface area (Å²) >= 11 is 0. The number of hydrogen-bond donors (Lipinski definition) is 0. The van der Waals surface area contributed by atoms with Crippen LogP contribution < -0.4 is 9.64 Å². The van der Waals surface area contributed by atoms with Gasteiger partial charge in [0.2, 0.25) is 0 Å². The van der Waals surface area contributed by atoms with E-state index in [1.807, 2.05) is 18.3 Å². The monoisotopic (exact) mass is 192 g/mol. The Labute approximate surface area is 84.7 Å². The Kier molecular flexibility index (Phi) is 2.10. The van der Waals surface area contributed by atoms with Crippen LogP contribution in [0, 0.1) is 0 Å². The van der Waals surface area contributed by atoms with E-state index in [1.54, 1.807) is 0 Å².